The van der Waals surface area contributed by atoms with E-state index in [9.17, 15) is 23.4 Å². The summed E-state index contributed by atoms with van der Waals surface area (Å²) in [7, 11) is 0. The topological polar surface area (TPSA) is 104 Å². The van der Waals surface area contributed by atoms with Gasteiger partial charge in [-0.1, -0.05) is 18.2 Å². The number of rotatable bonds is 3. The van der Waals surface area contributed by atoms with Crippen molar-refractivity contribution in [3.8, 4) is 11.3 Å². The van der Waals surface area contributed by atoms with Crippen LogP contribution in [-0.2, 0) is 19.0 Å². The number of nitrogens with one attached hydrogen (secondary N) is 1. The van der Waals surface area contributed by atoms with E-state index >= 15 is 0 Å². The predicted octanol–water partition coefficient (Wildman–Crippen LogP) is 3.31. The molecule has 30 heavy (non-hydrogen) atoms. The number of hydrogen-bond acceptors (Lipinski definition) is 6. The summed E-state index contributed by atoms with van der Waals surface area (Å²) in [6.07, 6.45) is -4.19. The largest absolute Gasteiger partial charge is 0.416 e. The van der Waals surface area contributed by atoms with Crippen molar-refractivity contribution in [2.24, 2.45) is 0 Å². The van der Waals surface area contributed by atoms with Crippen LogP contribution in [0.2, 0.25) is 0 Å². The number of hydrogen-bond donors (Lipinski definition) is 4. The number of benzene rings is 2. The van der Waals surface area contributed by atoms with E-state index in [2.05, 4.69) is 15.3 Å². The molecule has 1 aromatic heterocycles. The highest BCUT2D eigenvalue weighted by Crippen LogP contribution is 2.35. The van der Waals surface area contributed by atoms with Gasteiger partial charge in [-0.05, 0) is 29.3 Å². The van der Waals surface area contributed by atoms with Crippen molar-refractivity contribution in [2.75, 3.05) is 11.1 Å². The van der Waals surface area contributed by atoms with Crippen molar-refractivity contribution in [1.29, 1.82) is 0 Å². The molecule has 0 saturated carbocycles. The Morgan fingerprint density at radius 2 is 1.77 bits per heavy atom. The summed E-state index contributed by atoms with van der Waals surface area (Å²) in [5.74, 6) is 0.424. The summed E-state index contributed by atoms with van der Waals surface area (Å²) in [6.45, 7) is 0. The number of nitrogens with two attached hydrogens (primary N) is 1. The van der Waals surface area contributed by atoms with Gasteiger partial charge < -0.3 is 21.3 Å². The first-order valence-electron chi connectivity index (χ1n) is 9.25. The minimum atomic E-state index is -4.48. The van der Waals surface area contributed by atoms with Gasteiger partial charge in [0.25, 0.3) is 0 Å². The lowest BCUT2D eigenvalue weighted by molar-refractivity contribution is -0.137. The van der Waals surface area contributed by atoms with Gasteiger partial charge in [0, 0.05) is 35.8 Å². The van der Waals surface area contributed by atoms with Crippen molar-refractivity contribution >= 4 is 17.2 Å². The van der Waals surface area contributed by atoms with Gasteiger partial charge in [-0.15, -0.1) is 0 Å². The highest BCUT2D eigenvalue weighted by atomic mass is 19.4. The van der Waals surface area contributed by atoms with Gasteiger partial charge in [0.05, 0.1) is 23.5 Å². The van der Waals surface area contributed by atoms with E-state index in [1.165, 1.54) is 12.4 Å². The molecule has 6 nitrogen and oxygen atoms in total. The molecule has 0 amide bonds. The first-order chi connectivity index (χ1) is 14.2. The molecule has 0 spiro atoms. The van der Waals surface area contributed by atoms with Crippen LogP contribution < -0.4 is 11.1 Å². The average Bonchev–Trinajstić information content (AvgIpc) is 2.69. The summed E-state index contributed by atoms with van der Waals surface area (Å²) in [5.41, 5.74) is 8.25. The molecule has 4 rings (SSSR count). The second-order valence-corrected chi connectivity index (χ2v) is 7.20. The van der Waals surface area contributed by atoms with Crippen molar-refractivity contribution in [3.63, 3.8) is 0 Å². The molecule has 0 saturated heterocycles. The highest BCUT2D eigenvalue weighted by Gasteiger charge is 2.31. The lowest BCUT2D eigenvalue weighted by Gasteiger charge is -2.27. The molecular formula is C21H19F3N4O2. The Hall–Kier alpha value is -3.17. The zero-order valence-electron chi connectivity index (χ0n) is 15.7. The molecule has 0 fully saturated rings. The molecule has 3 aromatic rings. The quantitative estimate of drug-likeness (QED) is 0.489. The maximum absolute atomic E-state index is 12.9. The van der Waals surface area contributed by atoms with Gasteiger partial charge in [0.2, 0.25) is 0 Å². The fourth-order valence-electron chi connectivity index (χ4n) is 3.57. The fourth-order valence-corrected chi connectivity index (χ4v) is 3.57. The molecule has 156 valence electrons. The zero-order valence-corrected chi connectivity index (χ0v) is 15.7. The molecule has 0 unspecified atom stereocenters. The van der Waals surface area contributed by atoms with Gasteiger partial charge in [0.1, 0.15) is 12.1 Å². The third-order valence-electron chi connectivity index (χ3n) is 5.14. The number of aromatic nitrogens is 2. The molecule has 1 aliphatic carbocycles. The Bertz CT molecular complexity index is 1090. The van der Waals surface area contributed by atoms with Crippen molar-refractivity contribution < 1.29 is 23.4 Å². The van der Waals surface area contributed by atoms with Crippen LogP contribution in [0.3, 0.4) is 0 Å². The predicted molar refractivity (Wildman–Crippen MR) is 106 cm³/mol. The SMILES string of the molecule is Nc1cc(C(F)(F)F)ccc1-c1cc(Nc2cccc3c2C[C@@H](O)[C@@H](O)C3)ncn1. The maximum Gasteiger partial charge on any atom is 0.416 e. The molecule has 0 bridgehead atoms. The van der Waals surface area contributed by atoms with Crippen LogP contribution in [-0.4, -0.2) is 32.4 Å². The average molecular weight is 416 g/mol. The summed E-state index contributed by atoms with van der Waals surface area (Å²) in [4.78, 5) is 8.30. The van der Waals surface area contributed by atoms with E-state index in [4.69, 9.17) is 5.73 Å². The molecular weight excluding hydrogens is 397 g/mol. The van der Waals surface area contributed by atoms with Crippen molar-refractivity contribution in [3.05, 3.63) is 65.5 Å². The molecule has 2 atom stereocenters. The number of fused-ring (bicyclic) bond motifs is 1. The summed E-state index contributed by atoms with van der Waals surface area (Å²) in [5, 5.41) is 23.1. The number of aliphatic hydroxyl groups excluding tert-OH is 2. The first kappa shape index (κ1) is 20.1. The number of halogens is 3. The Kier molecular flexibility index (Phi) is 5.08. The van der Waals surface area contributed by atoms with Crippen LogP contribution in [0.25, 0.3) is 11.3 Å². The first-order valence-corrected chi connectivity index (χ1v) is 9.25. The molecule has 9 heteroatoms. The second kappa shape index (κ2) is 7.58. The minimum Gasteiger partial charge on any atom is -0.398 e. The summed E-state index contributed by atoms with van der Waals surface area (Å²) in [6, 6.07) is 10.3. The van der Waals surface area contributed by atoms with E-state index < -0.39 is 23.9 Å². The lowest BCUT2D eigenvalue weighted by Crippen LogP contribution is -2.34. The number of anilines is 3. The van der Waals surface area contributed by atoms with E-state index in [-0.39, 0.29) is 5.69 Å². The molecule has 5 N–H and O–H groups in total. The van der Waals surface area contributed by atoms with E-state index in [0.717, 1.165) is 28.9 Å². The van der Waals surface area contributed by atoms with Crippen LogP contribution in [0.5, 0.6) is 0 Å². The van der Waals surface area contributed by atoms with Gasteiger partial charge in [0.15, 0.2) is 0 Å². The molecule has 2 aromatic carbocycles. The van der Waals surface area contributed by atoms with Gasteiger partial charge in [-0.3, -0.25) is 0 Å². The van der Waals surface area contributed by atoms with Gasteiger partial charge >= 0.3 is 6.18 Å². The zero-order chi connectivity index (χ0) is 21.5. The smallest absolute Gasteiger partial charge is 0.398 e. The van der Waals surface area contributed by atoms with Crippen LogP contribution in [0.15, 0.2) is 48.8 Å². The molecule has 0 radical (unpaired) electrons. The van der Waals surface area contributed by atoms with Crippen LogP contribution in [0.1, 0.15) is 16.7 Å². The monoisotopic (exact) mass is 416 g/mol. The number of nitrogen functional groups attached to an aromatic ring is 1. The highest BCUT2D eigenvalue weighted by molar-refractivity contribution is 5.76. The normalized spacial score (nSPS) is 18.7. The number of aliphatic hydroxyl groups is 2. The van der Waals surface area contributed by atoms with Crippen LogP contribution in [0, 0.1) is 0 Å². The van der Waals surface area contributed by atoms with Crippen molar-refractivity contribution in [1.82, 2.24) is 9.97 Å². The molecule has 1 heterocycles. The Labute approximate surface area is 170 Å². The Balaban J connectivity index is 1.64. The van der Waals surface area contributed by atoms with Crippen LogP contribution >= 0.6 is 0 Å². The minimum absolute atomic E-state index is 0.0383. The molecule has 1 aliphatic rings. The maximum atomic E-state index is 12.9. The van der Waals surface area contributed by atoms with Crippen LogP contribution in [0.4, 0.5) is 30.4 Å². The third kappa shape index (κ3) is 3.94. The fraction of sp³-hybridized carbons (Fsp3) is 0.238. The number of alkyl halides is 3. The third-order valence-corrected chi connectivity index (χ3v) is 5.14. The van der Waals surface area contributed by atoms with Crippen molar-refractivity contribution in [2.45, 2.75) is 31.2 Å². The van der Waals surface area contributed by atoms with E-state index in [0.29, 0.717) is 29.9 Å². The van der Waals surface area contributed by atoms with E-state index in [1.54, 1.807) is 6.07 Å². The summed E-state index contributed by atoms with van der Waals surface area (Å²) >= 11 is 0. The number of nitrogens with zero attached hydrogens (tertiary/aromatic N) is 2. The lowest BCUT2D eigenvalue weighted by atomic mass is 9.86. The Morgan fingerprint density at radius 1 is 1.00 bits per heavy atom. The Morgan fingerprint density at radius 3 is 2.50 bits per heavy atom. The standard InChI is InChI=1S/C21H19F3N4O2/c22-21(23,24)12-4-5-13(15(25)7-12)17-9-20(27-10-26-17)28-16-3-1-2-11-6-18(29)19(30)8-14(11)16/h1-5,7,9-10,18-19,29-30H,6,8,25H2,(H,26,27,28)/t18-,19+/m0/s1. The van der Waals surface area contributed by atoms with Gasteiger partial charge in [-0.2, -0.15) is 13.2 Å². The second-order valence-electron chi connectivity index (χ2n) is 7.20. The van der Waals surface area contributed by atoms with Gasteiger partial charge in [-0.25, -0.2) is 9.97 Å². The summed E-state index contributed by atoms with van der Waals surface area (Å²) < 4.78 is 38.6. The van der Waals surface area contributed by atoms with E-state index in [1.807, 2.05) is 18.2 Å². The molecule has 0 aliphatic heterocycles.